The van der Waals surface area contributed by atoms with Crippen LogP contribution < -0.4 is 5.48 Å². The highest BCUT2D eigenvalue weighted by atomic mass is 32.2. The molecule has 1 heterocycles. The molecule has 19 nitrogen and oxygen atoms in total. The van der Waals surface area contributed by atoms with Crippen LogP contribution in [0.25, 0.3) is 0 Å². The van der Waals surface area contributed by atoms with Crippen LogP contribution >= 0.6 is 11.8 Å². The van der Waals surface area contributed by atoms with Crippen LogP contribution in [0.4, 0.5) is 0 Å². The highest BCUT2D eigenvalue weighted by molar-refractivity contribution is 7.99. The number of hydroxylamine groups is 1. The lowest BCUT2D eigenvalue weighted by Gasteiger charge is -2.56. The zero-order valence-corrected chi connectivity index (χ0v) is 27.3. The Morgan fingerprint density at radius 1 is 0.936 bits per heavy atom. The van der Waals surface area contributed by atoms with E-state index < -0.39 is 128 Å². The number of hydrogen-bond acceptors (Lipinski definition) is 18. The minimum atomic E-state index is -4.39. The second-order valence-corrected chi connectivity index (χ2v) is 12.5. The number of nitrogens with zero attached hydrogens (tertiary/aromatic N) is 1. The Morgan fingerprint density at radius 3 is 1.91 bits per heavy atom. The molecule has 0 aromatic carbocycles. The molecule has 1 aliphatic heterocycles. The van der Waals surface area contributed by atoms with Crippen molar-refractivity contribution >= 4 is 47.5 Å². The van der Waals surface area contributed by atoms with Gasteiger partial charge in [0.1, 0.15) is 12.1 Å². The molecule has 0 spiro atoms. The Bertz CT molecular complexity index is 1280. The lowest BCUT2D eigenvalue weighted by Crippen LogP contribution is -2.83. The maximum atomic E-state index is 13.5. The SMILES string of the molecule is [2H]CC(=O)OC(O)[C@H]1OC(SC[C@@H](C(=O)O)N(C)C(=O)[C@@H](NOC(C)(C)C)C(C)C)[C@@](O)(OC(=O)C[2H])[C@](O)(OC(=O)C[2H])[C@@]1(O)OC(=O)C[2H]. The number of amides is 1. The summed E-state index contributed by atoms with van der Waals surface area (Å²) in [7, 11) is 1.09. The second kappa shape index (κ2) is 15.9. The number of esters is 4. The van der Waals surface area contributed by atoms with Gasteiger partial charge in [-0.2, -0.15) is 5.48 Å². The van der Waals surface area contributed by atoms with Crippen molar-refractivity contribution in [3.8, 4) is 0 Å². The Kier molecular flexibility index (Phi) is 11.9. The molecule has 8 atom stereocenters. The molecular formula is C27H44N2O17S. The number of thioether (sulfide) groups is 1. The summed E-state index contributed by atoms with van der Waals surface area (Å²) in [5.41, 5.74) is -0.762. The average Bonchev–Trinajstić information content (AvgIpc) is 3.03. The van der Waals surface area contributed by atoms with Crippen LogP contribution in [0.3, 0.4) is 0 Å². The maximum absolute atomic E-state index is 13.5. The van der Waals surface area contributed by atoms with Crippen molar-refractivity contribution in [2.45, 2.75) is 115 Å². The van der Waals surface area contributed by atoms with E-state index in [0.717, 1.165) is 11.9 Å². The van der Waals surface area contributed by atoms with Crippen molar-refractivity contribution in [3.63, 3.8) is 0 Å². The van der Waals surface area contributed by atoms with Crippen LogP contribution in [0.5, 0.6) is 0 Å². The van der Waals surface area contributed by atoms with E-state index in [1.54, 1.807) is 34.6 Å². The summed E-state index contributed by atoms with van der Waals surface area (Å²) in [6.07, 6.45) is -5.79. The smallest absolute Gasteiger partial charge is 0.350 e. The van der Waals surface area contributed by atoms with E-state index in [0.29, 0.717) is 0 Å². The van der Waals surface area contributed by atoms with E-state index in [2.05, 4.69) is 15.0 Å². The molecule has 1 aliphatic rings. The van der Waals surface area contributed by atoms with E-state index in [1.807, 2.05) is 0 Å². The summed E-state index contributed by atoms with van der Waals surface area (Å²) >= 11 is 0.0724. The third kappa shape index (κ3) is 9.95. The van der Waals surface area contributed by atoms with Crippen molar-refractivity contribution in [2.75, 3.05) is 12.8 Å². The zero-order chi connectivity index (χ0) is 39.7. The molecule has 1 fully saturated rings. The number of carboxylic acid groups (broad SMARTS) is 1. The number of rotatable bonds is 14. The standard InChI is InChI=1S/C27H44N2O17S/c1-12(2)18(28-46-24(7,8)9)20(34)29(10)17(21(35)36)11-47-23-26(39,44-15(5)32)27(40,45-16(6)33)25(38,43-14(4)31)19(42-23)22(37)41-13(3)30/h12,17-19,22-23,28,37-40H,11H2,1-10H3,(H,35,36)/t17-,18-,19+,22?,23?,25-,26+,27+/m0/s1/i3D,4D,5D,6D. The van der Waals surface area contributed by atoms with Gasteiger partial charge in [0.15, 0.2) is 11.5 Å². The van der Waals surface area contributed by atoms with Crippen molar-refractivity contribution in [1.29, 1.82) is 0 Å². The first-order valence-electron chi connectivity index (χ1n) is 16.3. The first-order chi connectivity index (χ1) is 23.4. The number of likely N-dealkylation sites (N-methyl/N-ethyl adjacent to an activating group) is 1. The van der Waals surface area contributed by atoms with Gasteiger partial charge in [0.25, 0.3) is 0 Å². The fraction of sp³-hybridized carbons (Fsp3) is 0.778. The molecule has 6 N–H and O–H groups in total. The molecule has 0 aliphatic carbocycles. The molecule has 1 rings (SSSR count). The number of aliphatic carboxylic acids is 1. The molecule has 0 saturated carbocycles. The van der Waals surface area contributed by atoms with Crippen molar-refractivity contribution in [2.24, 2.45) is 5.92 Å². The summed E-state index contributed by atoms with van der Waals surface area (Å²) in [5.74, 6) is -23.4. The van der Waals surface area contributed by atoms with E-state index in [4.69, 9.17) is 24.5 Å². The Labute approximate surface area is 280 Å². The molecule has 0 aromatic heterocycles. The van der Waals surface area contributed by atoms with Crippen molar-refractivity contribution in [1.82, 2.24) is 10.4 Å². The van der Waals surface area contributed by atoms with Crippen LogP contribution in [-0.4, -0.2) is 132 Å². The molecule has 270 valence electrons. The molecule has 0 bridgehead atoms. The summed E-state index contributed by atoms with van der Waals surface area (Å²) in [6.45, 7) is 3.03. The first-order valence-corrected chi connectivity index (χ1v) is 14.5. The van der Waals surface area contributed by atoms with Gasteiger partial charge in [0.05, 0.1) is 5.60 Å². The lowest BCUT2D eigenvalue weighted by atomic mass is 9.87. The third-order valence-electron chi connectivity index (χ3n) is 6.19. The molecule has 1 amide bonds. The van der Waals surface area contributed by atoms with Crippen LogP contribution in [0.2, 0.25) is 0 Å². The Balaban J connectivity index is 3.91. The molecule has 0 radical (unpaired) electrons. The molecule has 0 aromatic rings. The summed E-state index contributed by atoms with van der Waals surface area (Å²) in [6, 6.07) is -2.99. The summed E-state index contributed by atoms with van der Waals surface area (Å²) in [4.78, 5) is 81.2. The van der Waals surface area contributed by atoms with E-state index >= 15 is 0 Å². The minimum Gasteiger partial charge on any atom is -0.480 e. The number of carboxylic acids is 1. The quantitative estimate of drug-likeness (QED) is 0.0511. The zero-order valence-electron chi connectivity index (χ0n) is 30.5. The maximum Gasteiger partial charge on any atom is 0.350 e. The molecule has 20 heteroatoms. The number of carbonyl (C=O) groups is 6. The predicted molar refractivity (Wildman–Crippen MR) is 156 cm³/mol. The van der Waals surface area contributed by atoms with Gasteiger partial charge >= 0.3 is 47.2 Å². The molecular weight excluding hydrogens is 656 g/mol. The second-order valence-electron chi connectivity index (χ2n) is 11.4. The van der Waals surface area contributed by atoms with Crippen molar-refractivity contribution < 1.29 is 88.3 Å². The van der Waals surface area contributed by atoms with Gasteiger partial charge in [-0.1, -0.05) is 13.8 Å². The van der Waals surface area contributed by atoms with Gasteiger partial charge in [-0.15, -0.1) is 11.8 Å². The van der Waals surface area contributed by atoms with E-state index in [1.165, 1.54) is 0 Å². The van der Waals surface area contributed by atoms with Crippen LogP contribution in [0, 0.1) is 5.92 Å². The number of hydrogen-bond donors (Lipinski definition) is 6. The normalized spacial score (nSPS) is 29.1. The average molecular weight is 705 g/mol. The monoisotopic (exact) mass is 704 g/mol. The van der Waals surface area contributed by atoms with E-state index in [9.17, 15) is 54.3 Å². The summed E-state index contributed by atoms with van der Waals surface area (Å²) in [5, 5.41) is 56.1. The third-order valence-corrected chi connectivity index (χ3v) is 7.43. The Hall–Kier alpha value is -3.11. The van der Waals surface area contributed by atoms with Crippen LogP contribution in [-0.2, 0) is 57.3 Å². The highest BCUT2D eigenvalue weighted by Crippen LogP contribution is 2.51. The van der Waals surface area contributed by atoms with Gasteiger partial charge in [0, 0.05) is 45.9 Å². The van der Waals surface area contributed by atoms with Crippen LogP contribution in [0.15, 0.2) is 0 Å². The van der Waals surface area contributed by atoms with Crippen LogP contribution in [0.1, 0.15) is 67.7 Å². The molecule has 2 unspecified atom stereocenters. The fourth-order valence-electron chi connectivity index (χ4n) is 4.05. The van der Waals surface area contributed by atoms with Gasteiger partial charge < -0.3 is 54.1 Å². The Morgan fingerprint density at radius 2 is 1.45 bits per heavy atom. The fourth-order valence-corrected chi connectivity index (χ4v) is 5.41. The topological polar surface area (TPSA) is 274 Å². The first kappa shape index (κ1) is 35.2. The van der Waals surface area contributed by atoms with E-state index in [-0.39, 0.29) is 11.8 Å². The lowest BCUT2D eigenvalue weighted by molar-refractivity contribution is -0.509. The largest absolute Gasteiger partial charge is 0.480 e. The van der Waals surface area contributed by atoms with Gasteiger partial charge in [-0.25, -0.2) is 4.79 Å². The number of aliphatic hydroxyl groups is 4. The minimum absolute atomic E-state index is 0.0724. The molecule has 47 heavy (non-hydrogen) atoms. The number of ether oxygens (including phenoxy) is 5. The molecule has 1 saturated heterocycles. The summed E-state index contributed by atoms with van der Waals surface area (Å²) < 4.78 is 53.2. The number of nitrogens with one attached hydrogen (secondary N) is 1. The van der Waals surface area contributed by atoms with Gasteiger partial charge in [-0.3, -0.25) is 28.8 Å². The predicted octanol–water partition coefficient (Wildman–Crippen LogP) is -1.66. The van der Waals surface area contributed by atoms with Gasteiger partial charge in [0.2, 0.25) is 12.2 Å². The highest BCUT2D eigenvalue weighted by Gasteiger charge is 2.81. The number of carbonyl (C=O) groups excluding carboxylic acids is 5. The van der Waals surface area contributed by atoms with Gasteiger partial charge in [-0.05, 0) is 26.7 Å². The number of aliphatic hydroxyl groups excluding tert-OH is 1. The van der Waals surface area contributed by atoms with Crippen molar-refractivity contribution in [3.05, 3.63) is 0 Å².